The van der Waals surface area contributed by atoms with Gasteiger partial charge in [0.2, 0.25) is 6.79 Å². The summed E-state index contributed by atoms with van der Waals surface area (Å²) in [5, 5.41) is 4.49. The molecule has 3 aromatic rings. The van der Waals surface area contributed by atoms with Gasteiger partial charge in [-0.2, -0.15) is 0 Å². The zero-order chi connectivity index (χ0) is 20.2. The zero-order valence-electron chi connectivity index (χ0n) is 15.7. The van der Waals surface area contributed by atoms with E-state index in [2.05, 4.69) is 5.32 Å². The molecular formula is C22H19Cl2NO4. The highest BCUT2D eigenvalue weighted by molar-refractivity contribution is 6.32. The summed E-state index contributed by atoms with van der Waals surface area (Å²) in [7, 11) is 1.59. The molecule has 3 aromatic carbocycles. The standard InChI is InChI=1S/C22H19Cl2NO4/c1-26-21-9-15(11-25-17-5-6-19-20(10-17)29-13-28-19)8-18(24)22(21)27-12-14-3-2-4-16(23)7-14/h2-10,25H,11-13H2,1H3. The van der Waals surface area contributed by atoms with Crippen LogP contribution in [0.3, 0.4) is 0 Å². The molecule has 1 N–H and O–H groups in total. The number of hydrogen-bond donors (Lipinski definition) is 1. The van der Waals surface area contributed by atoms with Crippen molar-refractivity contribution in [2.45, 2.75) is 13.2 Å². The van der Waals surface area contributed by atoms with Crippen LogP contribution >= 0.6 is 23.2 Å². The Bertz CT molecular complexity index is 1030. The molecule has 0 amide bonds. The summed E-state index contributed by atoms with van der Waals surface area (Å²) in [4.78, 5) is 0. The largest absolute Gasteiger partial charge is 0.493 e. The molecule has 1 aliphatic rings. The molecule has 0 saturated heterocycles. The fourth-order valence-corrected chi connectivity index (χ4v) is 3.51. The smallest absolute Gasteiger partial charge is 0.231 e. The van der Waals surface area contributed by atoms with Crippen molar-refractivity contribution in [1.29, 1.82) is 0 Å². The summed E-state index contributed by atoms with van der Waals surface area (Å²) in [6.07, 6.45) is 0. The number of hydrogen-bond acceptors (Lipinski definition) is 5. The van der Waals surface area contributed by atoms with Crippen LogP contribution in [0.15, 0.2) is 54.6 Å². The predicted octanol–water partition coefficient (Wildman–Crippen LogP) is 5.92. The van der Waals surface area contributed by atoms with Crippen molar-refractivity contribution in [3.63, 3.8) is 0 Å². The molecule has 0 aromatic heterocycles. The fourth-order valence-electron chi connectivity index (χ4n) is 3.01. The van der Waals surface area contributed by atoms with E-state index in [9.17, 15) is 0 Å². The summed E-state index contributed by atoms with van der Waals surface area (Å²) < 4.78 is 22.1. The van der Waals surface area contributed by atoms with Gasteiger partial charge in [-0.3, -0.25) is 0 Å². The summed E-state index contributed by atoms with van der Waals surface area (Å²) in [5.74, 6) is 2.56. The molecule has 29 heavy (non-hydrogen) atoms. The molecule has 0 fully saturated rings. The van der Waals surface area contributed by atoms with E-state index in [0.717, 1.165) is 28.3 Å². The number of benzene rings is 3. The van der Waals surface area contributed by atoms with Crippen LogP contribution in [-0.2, 0) is 13.2 Å². The van der Waals surface area contributed by atoms with E-state index in [0.29, 0.717) is 34.7 Å². The Hall–Kier alpha value is -2.76. The molecule has 4 rings (SSSR count). The number of methoxy groups -OCH3 is 1. The first-order chi connectivity index (χ1) is 14.1. The molecule has 7 heteroatoms. The van der Waals surface area contributed by atoms with Crippen LogP contribution in [0.2, 0.25) is 10.0 Å². The minimum Gasteiger partial charge on any atom is -0.493 e. The van der Waals surface area contributed by atoms with Crippen LogP contribution in [0.5, 0.6) is 23.0 Å². The van der Waals surface area contributed by atoms with E-state index in [1.54, 1.807) is 7.11 Å². The third-order valence-corrected chi connectivity index (χ3v) is 4.95. The van der Waals surface area contributed by atoms with Gasteiger partial charge in [-0.1, -0.05) is 35.3 Å². The van der Waals surface area contributed by atoms with E-state index >= 15 is 0 Å². The summed E-state index contributed by atoms with van der Waals surface area (Å²) >= 11 is 12.5. The monoisotopic (exact) mass is 431 g/mol. The third kappa shape index (κ3) is 4.63. The second-order valence-corrected chi connectivity index (χ2v) is 7.29. The molecule has 5 nitrogen and oxygen atoms in total. The highest BCUT2D eigenvalue weighted by Crippen LogP contribution is 2.38. The van der Waals surface area contributed by atoms with Gasteiger partial charge in [0.1, 0.15) is 6.61 Å². The van der Waals surface area contributed by atoms with Gasteiger partial charge in [0.15, 0.2) is 23.0 Å². The van der Waals surface area contributed by atoms with Crippen molar-refractivity contribution >= 4 is 28.9 Å². The first kappa shape index (κ1) is 19.6. The van der Waals surface area contributed by atoms with Gasteiger partial charge < -0.3 is 24.3 Å². The quantitative estimate of drug-likeness (QED) is 0.502. The fraction of sp³-hybridized carbons (Fsp3) is 0.182. The Morgan fingerprint density at radius 1 is 0.966 bits per heavy atom. The van der Waals surface area contributed by atoms with Crippen LogP contribution < -0.4 is 24.3 Å². The molecule has 1 heterocycles. The molecule has 0 saturated carbocycles. The van der Waals surface area contributed by atoms with Crippen LogP contribution in [0.4, 0.5) is 5.69 Å². The number of ether oxygens (including phenoxy) is 4. The lowest BCUT2D eigenvalue weighted by Gasteiger charge is -2.15. The lowest BCUT2D eigenvalue weighted by molar-refractivity contribution is 0.174. The van der Waals surface area contributed by atoms with Gasteiger partial charge in [-0.05, 0) is 47.5 Å². The highest BCUT2D eigenvalue weighted by atomic mass is 35.5. The van der Waals surface area contributed by atoms with E-state index < -0.39 is 0 Å². The molecule has 0 spiro atoms. The van der Waals surface area contributed by atoms with Gasteiger partial charge >= 0.3 is 0 Å². The summed E-state index contributed by atoms with van der Waals surface area (Å²) in [6, 6.07) is 17.0. The summed E-state index contributed by atoms with van der Waals surface area (Å²) in [5.41, 5.74) is 2.83. The predicted molar refractivity (Wildman–Crippen MR) is 114 cm³/mol. The van der Waals surface area contributed by atoms with Crippen molar-refractivity contribution < 1.29 is 18.9 Å². The maximum atomic E-state index is 6.47. The number of anilines is 1. The molecular weight excluding hydrogens is 413 g/mol. The molecule has 0 radical (unpaired) electrons. The van der Waals surface area contributed by atoms with Crippen LogP contribution in [0, 0.1) is 0 Å². The Kier molecular flexibility index (Phi) is 5.88. The van der Waals surface area contributed by atoms with Crippen molar-refractivity contribution in [2.24, 2.45) is 0 Å². The van der Waals surface area contributed by atoms with Gasteiger partial charge in [0.25, 0.3) is 0 Å². The maximum absolute atomic E-state index is 6.47. The first-order valence-electron chi connectivity index (χ1n) is 8.99. The average Bonchev–Trinajstić information content (AvgIpc) is 3.19. The number of nitrogens with one attached hydrogen (secondary N) is 1. The Balaban J connectivity index is 1.45. The van der Waals surface area contributed by atoms with Crippen molar-refractivity contribution in [2.75, 3.05) is 19.2 Å². The number of rotatable bonds is 7. The second-order valence-electron chi connectivity index (χ2n) is 6.45. The Labute approximate surface area is 179 Å². The topological polar surface area (TPSA) is 49.0 Å². The number of fused-ring (bicyclic) bond motifs is 1. The Morgan fingerprint density at radius 2 is 1.83 bits per heavy atom. The normalized spacial score (nSPS) is 12.0. The maximum Gasteiger partial charge on any atom is 0.231 e. The Morgan fingerprint density at radius 3 is 2.66 bits per heavy atom. The number of halogens is 2. The SMILES string of the molecule is COc1cc(CNc2ccc3c(c2)OCO3)cc(Cl)c1OCc1cccc(Cl)c1. The van der Waals surface area contributed by atoms with E-state index in [1.807, 2.05) is 54.6 Å². The summed E-state index contributed by atoms with van der Waals surface area (Å²) in [6.45, 7) is 1.15. The van der Waals surface area contributed by atoms with E-state index in [1.165, 1.54) is 0 Å². The highest BCUT2D eigenvalue weighted by Gasteiger charge is 2.15. The van der Waals surface area contributed by atoms with Gasteiger partial charge in [0, 0.05) is 23.3 Å². The van der Waals surface area contributed by atoms with Crippen LogP contribution in [0.25, 0.3) is 0 Å². The van der Waals surface area contributed by atoms with Gasteiger partial charge in [0.05, 0.1) is 12.1 Å². The van der Waals surface area contributed by atoms with Gasteiger partial charge in [-0.25, -0.2) is 0 Å². The van der Waals surface area contributed by atoms with Crippen LogP contribution in [-0.4, -0.2) is 13.9 Å². The molecule has 0 unspecified atom stereocenters. The van der Waals surface area contributed by atoms with E-state index in [4.69, 9.17) is 42.1 Å². The first-order valence-corrected chi connectivity index (χ1v) is 9.75. The molecule has 0 atom stereocenters. The van der Waals surface area contributed by atoms with E-state index in [-0.39, 0.29) is 6.79 Å². The molecule has 0 aliphatic carbocycles. The lowest BCUT2D eigenvalue weighted by atomic mass is 10.2. The lowest BCUT2D eigenvalue weighted by Crippen LogP contribution is -2.02. The zero-order valence-corrected chi connectivity index (χ0v) is 17.2. The molecule has 0 bridgehead atoms. The average molecular weight is 432 g/mol. The minimum atomic E-state index is 0.252. The van der Waals surface area contributed by atoms with Crippen LogP contribution in [0.1, 0.15) is 11.1 Å². The molecule has 1 aliphatic heterocycles. The van der Waals surface area contributed by atoms with Gasteiger partial charge in [-0.15, -0.1) is 0 Å². The third-order valence-electron chi connectivity index (χ3n) is 4.43. The second kappa shape index (κ2) is 8.72. The molecule has 150 valence electrons. The van der Waals surface area contributed by atoms with Crippen molar-refractivity contribution in [1.82, 2.24) is 0 Å². The van der Waals surface area contributed by atoms with Crippen molar-refractivity contribution in [3.05, 3.63) is 75.8 Å². The van der Waals surface area contributed by atoms with Crippen molar-refractivity contribution in [3.8, 4) is 23.0 Å². The minimum absolute atomic E-state index is 0.252.